The second-order valence-corrected chi connectivity index (χ2v) is 7.12. The van der Waals surface area contributed by atoms with Crippen LogP contribution in [0.25, 0.3) is 11.3 Å². The number of halogens is 2. The summed E-state index contributed by atoms with van der Waals surface area (Å²) in [6.07, 6.45) is 3.66. The Morgan fingerprint density at radius 3 is 2.73 bits per heavy atom. The zero-order valence-electron chi connectivity index (χ0n) is 13.5. The summed E-state index contributed by atoms with van der Waals surface area (Å²) in [5, 5.41) is 13.6. The molecular formula is C16H12Cl2N6OS. The van der Waals surface area contributed by atoms with Crippen LogP contribution >= 0.6 is 35.0 Å². The molecule has 0 bridgehead atoms. The van der Waals surface area contributed by atoms with E-state index in [1.165, 1.54) is 11.8 Å². The molecule has 10 heteroatoms. The Labute approximate surface area is 162 Å². The molecule has 0 amide bonds. The zero-order valence-corrected chi connectivity index (χ0v) is 15.8. The van der Waals surface area contributed by atoms with Gasteiger partial charge in [-0.1, -0.05) is 35.0 Å². The van der Waals surface area contributed by atoms with Gasteiger partial charge in [-0.3, -0.25) is 0 Å². The molecule has 0 atom stereocenters. The van der Waals surface area contributed by atoms with E-state index >= 15 is 0 Å². The van der Waals surface area contributed by atoms with Crippen LogP contribution in [0.4, 0.5) is 0 Å². The molecular weight excluding hydrogens is 395 g/mol. The molecule has 0 saturated carbocycles. The molecule has 0 fully saturated rings. The maximum absolute atomic E-state index is 6.18. The average molecular weight is 407 g/mol. The maximum Gasteiger partial charge on any atom is 0.214 e. The van der Waals surface area contributed by atoms with E-state index in [4.69, 9.17) is 27.9 Å². The Hall–Kier alpha value is -2.29. The van der Waals surface area contributed by atoms with E-state index in [2.05, 4.69) is 20.5 Å². The summed E-state index contributed by atoms with van der Waals surface area (Å²) in [5.41, 5.74) is 2.37. The first-order chi connectivity index (χ1) is 12.6. The second kappa shape index (κ2) is 7.14. The van der Waals surface area contributed by atoms with Gasteiger partial charge in [0.15, 0.2) is 5.65 Å². The number of thioether (sulfide) groups is 1. The molecule has 0 unspecified atom stereocenters. The number of fused-ring (bicyclic) bond motifs is 1. The van der Waals surface area contributed by atoms with Crippen LogP contribution < -0.4 is 4.74 Å². The van der Waals surface area contributed by atoms with Gasteiger partial charge in [0, 0.05) is 18.1 Å². The molecule has 0 N–H and O–H groups in total. The molecule has 26 heavy (non-hydrogen) atoms. The van der Waals surface area contributed by atoms with Crippen molar-refractivity contribution in [1.82, 2.24) is 29.6 Å². The molecule has 4 rings (SSSR count). The van der Waals surface area contributed by atoms with Crippen LogP contribution in [0.2, 0.25) is 10.0 Å². The number of rotatable bonds is 5. The predicted molar refractivity (Wildman–Crippen MR) is 100 cm³/mol. The van der Waals surface area contributed by atoms with Crippen molar-refractivity contribution in [2.75, 3.05) is 7.11 Å². The lowest BCUT2D eigenvalue weighted by molar-refractivity contribution is 0.414. The summed E-state index contributed by atoms with van der Waals surface area (Å²) in [4.78, 5) is 4.54. The van der Waals surface area contributed by atoms with E-state index in [0.717, 1.165) is 17.1 Å². The highest BCUT2D eigenvalue weighted by Gasteiger charge is 2.12. The van der Waals surface area contributed by atoms with Gasteiger partial charge < -0.3 is 9.14 Å². The predicted octanol–water partition coefficient (Wildman–Crippen LogP) is 3.92. The summed E-state index contributed by atoms with van der Waals surface area (Å²) in [6, 6.07) is 9.18. The summed E-state index contributed by atoms with van der Waals surface area (Å²) in [6.45, 7) is 0. The number of tetrazole rings is 1. The van der Waals surface area contributed by atoms with Gasteiger partial charge in [0.05, 0.1) is 28.5 Å². The first-order valence-corrected chi connectivity index (χ1v) is 9.26. The van der Waals surface area contributed by atoms with Gasteiger partial charge in [0.1, 0.15) is 5.75 Å². The summed E-state index contributed by atoms with van der Waals surface area (Å²) >= 11 is 13.7. The molecule has 0 aliphatic rings. The molecule has 3 heterocycles. The molecule has 3 aromatic heterocycles. The van der Waals surface area contributed by atoms with Crippen molar-refractivity contribution in [2.45, 2.75) is 10.9 Å². The van der Waals surface area contributed by atoms with E-state index in [9.17, 15) is 0 Å². The van der Waals surface area contributed by atoms with E-state index in [-0.39, 0.29) is 0 Å². The number of benzene rings is 1. The maximum atomic E-state index is 6.18. The van der Waals surface area contributed by atoms with Gasteiger partial charge in [-0.15, -0.1) is 5.10 Å². The number of imidazole rings is 1. The van der Waals surface area contributed by atoms with Gasteiger partial charge in [-0.05, 0) is 40.8 Å². The number of hydrogen-bond donors (Lipinski definition) is 0. The van der Waals surface area contributed by atoms with Crippen LogP contribution in [-0.4, -0.2) is 36.7 Å². The van der Waals surface area contributed by atoms with Gasteiger partial charge in [0.25, 0.3) is 0 Å². The molecule has 1 aromatic carbocycles. The fourth-order valence-corrected chi connectivity index (χ4v) is 3.74. The largest absolute Gasteiger partial charge is 0.497 e. The Bertz CT molecular complexity index is 1060. The van der Waals surface area contributed by atoms with Crippen LogP contribution in [0.5, 0.6) is 5.75 Å². The molecule has 0 saturated heterocycles. The lowest BCUT2D eigenvalue weighted by Crippen LogP contribution is -1.99. The van der Waals surface area contributed by atoms with Crippen molar-refractivity contribution in [3.05, 3.63) is 58.5 Å². The van der Waals surface area contributed by atoms with E-state index in [0.29, 0.717) is 26.6 Å². The summed E-state index contributed by atoms with van der Waals surface area (Å²) in [5.74, 6) is 1.36. The molecule has 0 radical (unpaired) electrons. The molecule has 0 aliphatic carbocycles. The van der Waals surface area contributed by atoms with Crippen LogP contribution in [0, 0.1) is 0 Å². The SMILES string of the molecule is COc1ccc(-n2nnnc2SCc2cn3cc(Cl)cc(Cl)c3n2)cc1. The molecule has 0 spiro atoms. The van der Waals surface area contributed by atoms with Gasteiger partial charge in [-0.2, -0.15) is 4.68 Å². The molecule has 132 valence electrons. The van der Waals surface area contributed by atoms with Crippen molar-refractivity contribution in [3.63, 3.8) is 0 Å². The van der Waals surface area contributed by atoms with Crippen LogP contribution in [0.15, 0.2) is 47.9 Å². The van der Waals surface area contributed by atoms with Crippen molar-refractivity contribution in [1.29, 1.82) is 0 Å². The number of hydrogen-bond acceptors (Lipinski definition) is 6. The van der Waals surface area contributed by atoms with Crippen molar-refractivity contribution in [2.24, 2.45) is 0 Å². The smallest absolute Gasteiger partial charge is 0.214 e. The number of methoxy groups -OCH3 is 1. The number of aromatic nitrogens is 6. The van der Waals surface area contributed by atoms with Crippen LogP contribution in [0.1, 0.15) is 5.69 Å². The Kier molecular flexibility index (Phi) is 4.71. The summed E-state index contributed by atoms with van der Waals surface area (Å²) < 4.78 is 8.65. The van der Waals surface area contributed by atoms with Gasteiger partial charge >= 0.3 is 0 Å². The summed E-state index contributed by atoms with van der Waals surface area (Å²) in [7, 11) is 1.63. The lowest BCUT2D eigenvalue weighted by atomic mass is 10.3. The monoisotopic (exact) mass is 406 g/mol. The van der Waals surface area contributed by atoms with E-state index in [1.54, 1.807) is 24.1 Å². The standard InChI is InChI=1S/C16H12Cl2N6OS/c1-25-13-4-2-12(3-5-13)24-16(20-21-22-24)26-9-11-8-23-7-10(17)6-14(18)15(23)19-11/h2-8H,9H2,1H3. The third-order valence-corrected chi connectivity index (χ3v) is 5.07. The van der Waals surface area contributed by atoms with Crippen LogP contribution in [-0.2, 0) is 5.75 Å². The van der Waals surface area contributed by atoms with Gasteiger partial charge in [-0.25, -0.2) is 4.98 Å². The Balaban J connectivity index is 1.55. The highest BCUT2D eigenvalue weighted by atomic mass is 35.5. The first kappa shape index (κ1) is 17.1. The quantitative estimate of drug-likeness (QED) is 0.467. The lowest BCUT2D eigenvalue weighted by Gasteiger charge is -2.04. The van der Waals surface area contributed by atoms with Gasteiger partial charge in [0.2, 0.25) is 5.16 Å². The topological polar surface area (TPSA) is 70.1 Å². The minimum atomic E-state index is 0.511. The molecule has 4 aromatic rings. The number of pyridine rings is 1. The molecule has 0 aliphatic heterocycles. The minimum absolute atomic E-state index is 0.511. The second-order valence-electron chi connectivity index (χ2n) is 5.33. The van der Waals surface area contributed by atoms with Crippen LogP contribution in [0.3, 0.4) is 0 Å². The normalized spacial score (nSPS) is 11.2. The fourth-order valence-electron chi connectivity index (χ4n) is 2.44. The number of ether oxygens (including phenoxy) is 1. The first-order valence-electron chi connectivity index (χ1n) is 7.52. The minimum Gasteiger partial charge on any atom is -0.497 e. The Morgan fingerprint density at radius 2 is 1.96 bits per heavy atom. The third kappa shape index (κ3) is 3.35. The average Bonchev–Trinajstić information content (AvgIpc) is 3.26. The fraction of sp³-hybridized carbons (Fsp3) is 0.125. The van der Waals surface area contributed by atoms with E-state index < -0.39 is 0 Å². The highest BCUT2D eigenvalue weighted by Crippen LogP contribution is 2.26. The Morgan fingerprint density at radius 1 is 1.15 bits per heavy atom. The van der Waals surface area contributed by atoms with E-state index in [1.807, 2.05) is 34.9 Å². The highest BCUT2D eigenvalue weighted by molar-refractivity contribution is 7.98. The third-order valence-electron chi connectivity index (χ3n) is 3.63. The molecule has 7 nitrogen and oxygen atoms in total. The van der Waals surface area contributed by atoms with Crippen molar-refractivity contribution in [3.8, 4) is 11.4 Å². The number of nitrogens with zero attached hydrogens (tertiary/aromatic N) is 6. The van der Waals surface area contributed by atoms with Crippen molar-refractivity contribution < 1.29 is 4.74 Å². The van der Waals surface area contributed by atoms with Crippen molar-refractivity contribution >= 4 is 40.6 Å². The zero-order chi connectivity index (χ0) is 18.1.